The molecule has 2 N–H and O–H groups in total. The molecule has 1 aromatic rings. The van der Waals surface area contributed by atoms with Crippen LogP contribution < -0.4 is 5.73 Å². The second-order valence-electron chi connectivity index (χ2n) is 3.10. The van der Waals surface area contributed by atoms with Crippen molar-refractivity contribution in [2.75, 3.05) is 0 Å². The third-order valence-corrected chi connectivity index (χ3v) is 2.04. The lowest BCUT2D eigenvalue weighted by Crippen LogP contribution is -2.10. The van der Waals surface area contributed by atoms with Crippen molar-refractivity contribution in [3.63, 3.8) is 0 Å². The minimum Gasteiger partial charge on any atom is -0.324 e. The molecule has 0 heterocycles. The molecule has 3 heteroatoms. The lowest BCUT2D eigenvalue weighted by molar-refractivity contribution is 0.564. The maximum Gasteiger partial charge on any atom is 0.129 e. The fourth-order valence-corrected chi connectivity index (χ4v) is 1.40. The van der Waals surface area contributed by atoms with Crippen LogP contribution in [-0.4, -0.2) is 0 Å². The molecule has 0 aliphatic rings. The summed E-state index contributed by atoms with van der Waals surface area (Å²) in [6.07, 6.45) is 0.531. The average molecular weight is 185 g/mol. The summed E-state index contributed by atoms with van der Waals surface area (Å²) in [6, 6.07) is 1.86. The minimum atomic E-state index is -0.568. The molecular formula is C10H13F2N. The fraction of sp³-hybridized carbons (Fsp3) is 0.400. The monoisotopic (exact) mass is 185 g/mol. The summed E-state index contributed by atoms with van der Waals surface area (Å²) in [7, 11) is 0. The van der Waals surface area contributed by atoms with Gasteiger partial charge in [-0.2, -0.15) is 0 Å². The zero-order valence-corrected chi connectivity index (χ0v) is 7.77. The van der Waals surface area contributed by atoms with Gasteiger partial charge in [-0.25, -0.2) is 8.78 Å². The maximum absolute atomic E-state index is 13.2. The van der Waals surface area contributed by atoms with Gasteiger partial charge in [0.2, 0.25) is 0 Å². The summed E-state index contributed by atoms with van der Waals surface area (Å²) >= 11 is 0. The van der Waals surface area contributed by atoms with Crippen molar-refractivity contribution in [1.82, 2.24) is 0 Å². The van der Waals surface area contributed by atoms with Gasteiger partial charge in [0.15, 0.2) is 0 Å². The number of hydrogen-bond acceptors (Lipinski definition) is 1. The van der Waals surface area contributed by atoms with Crippen molar-refractivity contribution in [1.29, 1.82) is 0 Å². The van der Waals surface area contributed by atoms with Gasteiger partial charge in [-0.1, -0.05) is 6.92 Å². The molecule has 0 aromatic heterocycles. The quantitative estimate of drug-likeness (QED) is 0.752. The van der Waals surface area contributed by atoms with Crippen LogP contribution in [0.4, 0.5) is 8.78 Å². The van der Waals surface area contributed by atoms with Crippen LogP contribution in [0.3, 0.4) is 0 Å². The molecule has 1 nitrogen and oxygen atoms in total. The van der Waals surface area contributed by atoms with Crippen LogP contribution in [0.2, 0.25) is 0 Å². The molecule has 72 valence electrons. The van der Waals surface area contributed by atoms with E-state index in [4.69, 9.17) is 5.73 Å². The molecule has 0 saturated heterocycles. The van der Waals surface area contributed by atoms with Crippen molar-refractivity contribution < 1.29 is 8.78 Å². The number of nitrogens with two attached hydrogens (primary N) is 1. The molecule has 1 rings (SSSR count). The standard InChI is InChI=1S/C10H13F2N/c1-3-8-9(6(2)13)4-7(11)5-10(8)12/h4-6H,3,13H2,1-2H3/t6-/m0/s1. The lowest BCUT2D eigenvalue weighted by atomic mass is 9.99. The molecule has 1 atom stereocenters. The first kappa shape index (κ1) is 10.1. The Morgan fingerprint density at radius 3 is 2.46 bits per heavy atom. The molecule has 0 spiro atoms. The molecule has 0 fully saturated rings. The van der Waals surface area contributed by atoms with Crippen molar-refractivity contribution in [3.8, 4) is 0 Å². The lowest BCUT2D eigenvalue weighted by Gasteiger charge is -2.12. The highest BCUT2D eigenvalue weighted by molar-refractivity contribution is 5.31. The van der Waals surface area contributed by atoms with Gasteiger partial charge in [-0.15, -0.1) is 0 Å². The van der Waals surface area contributed by atoms with Crippen LogP contribution in [0, 0.1) is 11.6 Å². The maximum atomic E-state index is 13.2. The molecule has 1 aromatic carbocycles. The van der Waals surface area contributed by atoms with Gasteiger partial charge in [0.1, 0.15) is 11.6 Å². The van der Waals surface area contributed by atoms with E-state index in [0.717, 1.165) is 6.07 Å². The molecule has 0 aliphatic heterocycles. The predicted molar refractivity (Wildman–Crippen MR) is 48.3 cm³/mol. The Balaban J connectivity index is 3.29. The zero-order valence-electron chi connectivity index (χ0n) is 7.77. The Kier molecular flexibility index (Phi) is 2.98. The Hall–Kier alpha value is -0.960. The topological polar surface area (TPSA) is 26.0 Å². The average Bonchev–Trinajstić information content (AvgIpc) is 2.02. The van der Waals surface area contributed by atoms with E-state index in [1.807, 2.05) is 6.92 Å². The van der Waals surface area contributed by atoms with Gasteiger partial charge in [0.05, 0.1) is 0 Å². The van der Waals surface area contributed by atoms with Gasteiger partial charge in [-0.05, 0) is 30.5 Å². The second kappa shape index (κ2) is 3.83. The van der Waals surface area contributed by atoms with E-state index < -0.39 is 11.6 Å². The van der Waals surface area contributed by atoms with E-state index in [-0.39, 0.29) is 6.04 Å². The molecule has 0 unspecified atom stereocenters. The Labute approximate surface area is 76.6 Å². The van der Waals surface area contributed by atoms with Crippen molar-refractivity contribution in [3.05, 3.63) is 34.9 Å². The molecule has 0 saturated carbocycles. The molecular weight excluding hydrogens is 172 g/mol. The number of benzene rings is 1. The van der Waals surface area contributed by atoms with Crippen molar-refractivity contribution in [2.45, 2.75) is 26.3 Å². The highest BCUT2D eigenvalue weighted by atomic mass is 19.1. The van der Waals surface area contributed by atoms with Gasteiger partial charge in [-0.3, -0.25) is 0 Å². The van der Waals surface area contributed by atoms with Crippen LogP contribution in [0.1, 0.15) is 31.0 Å². The summed E-state index contributed by atoms with van der Waals surface area (Å²) < 4.78 is 26.0. The predicted octanol–water partition coefficient (Wildman–Crippen LogP) is 2.55. The van der Waals surface area contributed by atoms with Crippen LogP contribution in [0.5, 0.6) is 0 Å². The van der Waals surface area contributed by atoms with Crippen LogP contribution in [-0.2, 0) is 6.42 Å². The molecule has 0 aliphatic carbocycles. The molecule has 0 amide bonds. The van der Waals surface area contributed by atoms with E-state index in [0.29, 0.717) is 17.5 Å². The Bertz CT molecular complexity index is 308. The molecule has 13 heavy (non-hydrogen) atoms. The zero-order chi connectivity index (χ0) is 10.0. The third kappa shape index (κ3) is 2.04. The summed E-state index contributed by atoms with van der Waals surface area (Å²) in [5, 5.41) is 0. The van der Waals surface area contributed by atoms with Gasteiger partial charge < -0.3 is 5.73 Å². The van der Waals surface area contributed by atoms with E-state index in [2.05, 4.69) is 0 Å². The molecule has 0 bridgehead atoms. The first-order valence-corrected chi connectivity index (χ1v) is 4.29. The van der Waals surface area contributed by atoms with E-state index in [9.17, 15) is 8.78 Å². The summed E-state index contributed by atoms with van der Waals surface area (Å²) in [4.78, 5) is 0. The van der Waals surface area contributed by atoms with E-state index in [1.54, 1.807) is 6.92 Å². The fourth-order valence-electron chi connectivity index (χ4n) is 1.40. The third-order valence-electron chi connectivity index (χ3n) is 2.04. The Morgan fingerprint density at radius 2 is 2.00 bits per heavy atom. The smallest absolute Gasteiger partial charge is 0.129 e. The van der Waals surface area contributed by atoms with Crippen molar-refractivity contribution >= 4 is 0 Å². The van der Waals surface area contributed by atoms with Crippen molar-refractivity contribution in [2.24, 2.45) is 5.73 Å². The largest absolute Gasteiger partial charge is 0.324 e. The molecule has 0 radical (unpaired) electrons. The first-order chi connectivity index (χ1) is 6.06. The minimum absolute atomic E-state index is 0.333. The SMILES string of the molecule is CCc1c(F)cc(F)cc1[C@H](C)N. The number of hydrogen-bond donors (Lipinski definition) is 1. The van der Waals surface area contributed by atoms with E-state index >= 15 is 0 Å². The Morgan fingerprint density at radius 1 is 1.38 bits per heavy atom. The van der Waals surface area contributed by atoms with Crippen LogP contribution in [0.25, 0.3) is 0 Å². The summed E-state index contributed by atoms with van der Waals surface area (Å²) in [6.45, 7) is 3.54. The van der Waals surface area contributed by atoms with Gasteiger partial charge >= 0.3 is 0 Å². The second-order valence-corrected chi connectivity index (χ2v) is 3.10. The van der Waals surface area contributed by atoms with Crippen LogP contribution in [0.15, 0.2) is 12.1 Å². The number of halogens is 2. The van der Waals surface area contributed by atoms with Crippen LogP contribution >= 0.6 is 0 Å². The first-order valence-electron chi connectivity index (χ1n) is 4.29. The highest BCUT2D eigenvalue weighted by Gasteiger charge is 2.12. The normalized spacial score (nSPS) is 13.0. The van der Waals surface area contributed by atoms with Gasteiger partial charge in [0.25, 0.3) is 0 Å². The van der Waals surface area contributed by atoms with E-state index in [1.165, 1.54) is 6.07 Å². The summed E-state index contributed by atoms with van der Waals surface area (Å²) in [5.74, 6) is -1.07. The number of rotatable bonds is 2. The highest BCUT2D eigenvalue weighted by Crippen LogP contribution is 2.21. The summed E-state index contributed by atoms with van der Waals surface area (Å²) in [5.41, 5.74) is 6.66. The van der Waals surface area contributed by atoms with Gasteiger partial charge in [0, 0.05) is 12.1 Å².